The monoisotopic (exact) mass is 245 g/mol. The van der Waals surface area contributed by atoms with E-state index in [0.29, 0.717) is 26.4 Å². The Labute approximate surface area is 103 Å². The number of esters is 1. The molecule has 1 unspecified atom stereocenters. The quantitative estimate of drug-likeness (QED) is 0.504. The summed E-state index contributed by atoms with van der Waals surface area (Å²) >= 11 is 0. The van der Waals surface area contributed by atoms with Gasteiger partial charge >= 0.3 is 5.97 Å². The first-order valence-electron chi connectivity index (χ1n) is 6.31. The van der Waals surface area contributed by atoms with Crippen molar-refractivity contribution in [3.8, 4) is 0 Å². The van der Waals surface area contributed by atoms with E-state index in [4.69, 9.17) is 14.2 Å². The second-order valence-corrected chi connectivity index (χ2v) is 4.13. The highest BCUT2D eigenvalue weighted by atomic mass is 16.6. The van der Waals surface area contributed by atoms with Crippen LogP contribution in [0.4, 0.5) is 0 Å². The molecule has 0 aliphatic carbocycles. The molecule has 1 rings (SSSR count). The van der Waals surface area contributed by atoms with Gasteiger partial charge in [0.15, 0.2) is 0 Å². The van der Waals surface area contributed by atoms with Crippen LogP contribution in [0.5, 0.6) is 0 Å². The zero-order valence-corrected chi connectivity index (χ0v) is 10.6. The lowest BCUT2D eigenvalue weighted by Gasteiger charge is -2.21. The van der Waals surface area contributed by atoms with Crippen LogP contribution < -0.4 is 5.32 Å². The van der Waals surface area contributed by atoms with Crippen molar-refractivity contribution < 1.29 is 19.0 Å². The van der Waals surface area contributed by atoms with Gasteiger partial charge in [0.1, 0.15) is 12.6 Å². The number of carbonyl (C=O) groups is 1. The summed E-state index contributed by atoms with van der Waals surface area (Å²) in [6.07, 6.45) is 3.99. The molecule has 1 saturated heterocycles. The van der Waals surface area contributed by atoms with E-state index in [9.17, 15) is 4.79 Å². The minimum atomic E-state index is -0.148. The Balaban J connectivity index is 1.92. The van der Waals surface area contributed by atoms with E-state index < -0.39 is 0 Å². The standard InChI is InChI=1S/C12H23NO4/c1-15-7-4-8-16-9-10-17-12(14)11-5-2-3-6-13-11/h11,13H,2-10H2,1H3. The summed E-state index contributed by atoms with van der Waals surface area (Å²) in [5.74, 6) is -0.148. The lowest BCUT2D eigenvalue weighted by Crippen LogP contribution is -2.41. The minimum absolute atomic E-state index is 0.114. The molecule has 5 nitrogen and oxygen atoms in total. The average Bonchev–Trinajstić information content (AvgIpc) is 2.38. The largest absolute Gasteiger partial charge is 0.462 e. The zero-order chi connectivity index (χ0) is 12.3. The molecule has 0 aromatic heterocycles. The second-order valence-electron chi connectivity index (χ2n) is 4.13. The molecule has 1 N–H and O–H groups in total. The number of hydrogen-bond donors (Lipinski definition) is 1. The first kappa shape index (κ1) is 14.4. The van der Waals surface area contributed by atoms with Crippen LogP contribution in [-0.2, 0) is 19.0 Å². The Kier molecular flexibility index (Phi) is 7.96. The number of piperidine rings is 1. The molecule has 100 valence electrons. The number of carbonyl (C=O) groups excluding carboxylic acids is 1. The maximum absolute atomic E-state index is 11.6. The summed E-state index contributed by atoms with van der Waals surface area (Å²) in [6.45, 7) is 3.05. The Hall–Kier alpha value is -0.650. The molecule has 1 fully saturated rings. The Morgan fingerprint density at radius 2 is 2.12 bits per heavy atom. The van der Waals surface area contributed by atoms with Crippen molar-refractivity contribution in [1.82, 2.24) is 5.32 Å². The average molecular weight is 245 g/mol. The minimum Gasteiger partial charge on any atom is -0.462 e. The molecule has 1 heterocycles. The number of ether oxygens (including phenoxy) is 3. The number of methoxy groups -OCH3 is 1. The van der Waals surface area contributed by atoms with Gasteiger partial charge in [-0.3, -0.25) is 4.79 Å². The van der Waals surface area contributed by atoms with Gasteiger partial charge in [-0.2, -0.15) is 0 Å². The summed E-state index contributed by atoms with van der Waals surface area (Å²) in [4.78, 5) is 11.6. The molecular weight excluding hydrogens is 222 g/mol. The molecule has 0 aromatic carbocycles. The van der Waals surface area contributed by atoms with Crippen LogP contribution in [0.2, 0.25) is 0 Å². The molecule has 0 saturated carbocycles. The van der Waals surface area contributed by atoms with Crippen LogP contribution in [0.15, 0.2) is 0 Å². The molecule has 0 radical (unpaired) electrons. The molecule has 1 aliphatic heterocycles. The molecule has 17 heavy (non-hydrogen) atoms. The summed E-state index contributed by atoms with van der Waals surface area (Å²) in [6, 6.07) is -0.114. The van der Waals surface area contributed by atoms with E-state index in [0.717, 1.165) is 32.2 Å². The maximum atomic E-state index is 11.6. The van der Waals surface area contributed by atoms with Gasteiger partial charge in [-0.05, 0) is 25.8 Å². The van der Waals surface area contributed by atoms with Crippen molar-refractivity contribution in [2.24, 2.45) is 0 Å². The first-order valence-corrected chi connectivity index (χ1v) is 6.31. The lowest BCUT2D eigenvalue weighted by atomic mass is 10.1. The predicted octanol–water partition coefficient (Wildman–Crippen LogP) is 0.725. The third-order valence-electron chi connectivity index (χ3n) is 2.70. The topological polar surface area (TPSA) is 56.8 Å². The SMILES string of the molecule is COCCCOCCOC(=O)C1CCCCN1. The number of nitrogens with one attached hydrogen (secondary N) is 1. The summed E-state index contributed by atoms with van der Waals surface area (Å²) in [5, 5.41) is 3.16. The van der Waals surface area contributed by atoms with Crippen LogP contribution in [-0.4, -0.2) is 52.1 Å². The summed E-state index contributed by atoms with van der Waals surface area (Å²) in [7, 11) is 1.67. The van der Waals surface area contributed by atoms with Crippen LogP contribution in [0.1, 0.15) is 25.7 Å². The highest BCUT2D eigenvalue weighted by Gasteiger charge is 2.21. The third kappa shape index (κ3) is 6.61. The molecule has 5 heteroatoms. The lowest BCUT2D eigenvalue weighted by molar-refractivity contribution is -0.148. The highest BCUT2D eigenvalue weighted by Crippen LogP contribution is 2.08. The van der Waals surface area contributed by atoms with Crippen LogP contribution in [0.25, 0.3) is 0 Å². The van der Waals surface area contributed by atoms with Gasteiger partial charge in [-0.1, -0.05) is 6.42 Å². The number of rotatable bonds is 8. The van der Waals surface area contributed by atoms with E-state index >= 15 is 0 Å². The van der Waals surface area contributed by atoms with Crippen molar-refractivity contribution in [3.05, 3.63) is 0 Å². The highest BCUT2D eigenvalue weighted by molar-refractivity contribution is 5.75. The van der Waals surface area contributed by atoms with Gasteiger partial charge in [-0.25, -0.2) is 0 Å². The van der Waals surface area contributed by atoms with Crippen molar-refractivity contribution in [2.75, 3.05) is 40.1 Å². The predicted molar refractivity (Wildman–Crippen MR) is 63.9 cm³/mol. The molecule has 0 bridgehead atoms. The Morgan fingerprint density at radius 1 is 1.24 bits per heavy atom. The van der Waals surface area contributed by atoms with Gasteiger partial charge < -0.3 is 19.5 Å². The van der Waals surface area contributed by atoms with Crippen molar-refractivity contribution in [3.63, 3.8) is 0 Å². The fraction of sp³-hybridized carbons (Fsp3) is 0.917. The molecule has 1 atom stereocenters. The van der Waals surface area contributed by atoms with Gasteiger partial charge in [0, 0.05) is 20.3 Å². The van der Waals surface area contributed by atoms with Crippen molar-refractivity contribution >= 4 is 5.97 Å². The van der Waals surface area contributed by atoms with Gasteiger partial charge in [-0.15, -0.1) is 0 Å². The van der Waals surface area contributed by atoms with Crippen molar-refractivity contribution in [2.45, 2.75) is 31.7 Å². The van der Waals surface area contributed by atoms with Gasteiger partial charge in [0.25, 0.3) is 0 Å². The van der Waals surface area contributed by atoms with Gasteiger partial charge in [0.2, 0.25) is 0 Å². The van der Waals surface area contributed by atoms with Gasteiger partial charge in [0.05, 0.1) is 6.61 Å². The zero-order valence-electron chi connectivity index (χ0n) is 10.6. The van der Waals surface area contributed by atoms with E-state index in [1.807, 2.05) is 0 Å². The Bertz CT molecular complexity index is 205. The fourth-order valence-electron chi connectivity index (χ4n) is 1.76. The normalized spacial score (nSPS) is 20.2. The second kappa shape index (κ2) is 9.39. The van der Waals surface area contributed by atoms with Crippen LogP contribution in [0, 0.1) is 0 Å². The molecular formula is C12H23NO4. The van der Waals surface area contributed by atoms with E-state index in [-0.39, 0.29) is 12.0 Å². The maximum Gasteiger partial charge on any atom is 0.323 e. The Morgan fingerprint density at radius 3 is 2.82 bits per heavy atom. The fourth-order valence-corrected chi connectivity index (χ4v) is 1.76. The molecule has 0 aromatic rings. The van der Waals surface area contributed by atoms with E-state index in [1.165, 1.54) is 0 Å². The van der Waals surface area contributed by atoms with Crippen molar-refractivity contribution in [1.29, 1.82) is 0 Å². The summed E-state index contributed by atoms with van der Waals surface area (Å²) < 4.78 is 15.3. The molecule has 1 aliphatic rings. The first-order chi connectivity index (χ1) is 8.34. The number of hydrogen-bond acceptors (Lipinski definition) is 5. The van der Waals surface area contributed by atoms with E-state index in [1.54, 1.807) is 7.11 Å². The summed E-state index contributed by atoms with van der Waals surface area (Å²) in [5.41, 5.74) is 0. The smallest absolute Gasteiger partial charge is 0.323 e. The molecule has 0 amide bonds. The third-order valence-corrected chi connectivity index (χ3v) is 2.70. The van der Waals surface area contributed by atoms with Crippen LogP contribution >= 0.6 is 0 Å². The van der Waals surface area contributed by atoms with E-state index in [2.05, 4.69) is 5.32 Å². The molecule has 0 spiro atoms. The van der Waals surface area contributed by atoms with Crippen LogP contribution in [0.3, 0.4) is 0 Å².